The summed E-state index contributed by atoms with van der Waals surface area (Å²) in [5.74, 6) is 0. The van der Waals surface area contributed by atoms with Crippen LogP contribution in [0.4, 0.5) is 0 Å². The van der Waals surface area contributed by atoms with E-state index in [0.29, 0.717) is 6.04 Å². The predicted octanol–water partition coefficient (Wildman–Crippen LogP) is 4.77. The minimum Gasteiger partial charge on any atom is -0.383 e. The molecule has 1 aliphatic carbocycles. The van der Waals surface area contributed by atoms with E-state index in [1.54, 1.807) is 0 Å². The molecule has 0 aliphatic heterocycles. The lowest BCUT2D eigenvalue weighted by Crippen LogP contribution is -2.40. The van der Waals surface area contributed by atoms with Crippen molar-refractivity contribution in [3.8, 4) is 0 Å². The van der Waals surface area contributed by atoms with E-state index in [1.165, 1.54) is 39.8 Å². The number of allylic oxidation sites excluding steroid dienone is 1. The summed E-state index contributed by atoms with van der Waals surface area (Å²) in [5, 5.41) is 3.66. The quantitative estimate of drug-likeness (QED) is 0.782. The monoisotopic (exact) mass is 315 g/mol. The Morgan fingerprint density at radius 3 is 2.48 bits per heavy atom. The average Bonchev–Trinajstić information content (AvgIpc) is 2.72. The average molecular weight is 316 g/mol. The Morgan fingerprint density at radius 2 is 1.87 bits per heavy atom. The normalized spacial score (nSPS) is 21.7. The van der Waals surface area contributed by atoms with Gasteiger partial charge in [0, 0.05) is 18.6 Å². The highest BCUT2D eigenvalue weighted by atomic mass is 16.5. The number of aryl methyl sites for hydroxylation is 1. The third kappa shape index (κ3) is 3.12. The molecule has 0 saturated heterocycles. The summed E-state index contributed by atoms with van der Waals surface area (Å²) < 4.78 is 5.72. The molecule has 1 aromatic rings. The van der Waals surface area contributed by atoms with Crippen molar-refractivity contribution in [2.75, 3.05) is 20.3 Å². The van der Waals surface area contributed by atoms with Crippen molar-refractivity contribution >= 4 is 5.57 Å². The second kappa shape index (κ2) is 7.19. The number of methoxy groups -OCH3 is 1. The molecule has 2 heteroatoms. The van der Waals surface area contributed by atoms with E-state index in [-0.39, 0.29) is 5.41 Å². The molecule has 0 radical (unpaired) electrons. The van der Waals surface area contributed by atoms with Gasteiger partial charge < -0.3 is 10.1 Å². The summed E-state index contributed by atoms with van der Waals surface area (Å²) in [6.07, 6.45) is 2.25. The van der Waals surface area contributed by atoms with Crippen LogP contribution in [0.15, 0.2) is 17.7 Å². The van der Waals surface area contributed by atoms with E-state index >= 15 is 0 Å². The minimum atomic E-state index is 0.00673. The van der Waals surface area contributed by atoms with Crippen LogP contribution < -0.4 is 5.32 Å². The van der Waals surface area contributed by atoms with Gasteiger partial charge in [-0.1, -0.05) is 24.6 Å². The summed E-state index contributed by atoms with van der Waals surface area (Å²) in [5.41, 5.74) is 8.65. The number of rotatable bonds is 7. The summed E-state index contributed by atoms with van der Waals surface area (Å²) in [4.78, 5) is 0. The third-order valence-electron chi connectivity index (χ3n) is 5.69. The molecule has 1 aromatic carbocycles. The molecule has 0 aromatic heterocycles. The molecule has 0 saturated carbocycles. The van der Waals surface area contributed by atoms with E-state index in [4.69, 9.17) is 4.74 Å². The van der Waals surface area contributed by atoms with Crippen LogP contribution in [0.3, 0.4) is 0 Å². The molecule has 0 heterocycles. The molecular weight excluding hydrogens is 282 g/mol. The Bertz CT molecular complexity index is 602. The molecule has 0 bridgehead atoms. The highest BCUT2D eigenvalue weighted by molar-refractivity contribution is 5.81. The molecular formula is C21H33NO. The van der Waals surface area contributed by atoms with E-state index in [1.807, 2.05) is 7.11 Å². The first kappa shape index (κ1) is 18.2. The van der Waals surface area contributed by atoms with Crippen LogP contribution in [0, 0.1) is 13.8 Å². The van der Waals surface area contributed by atoms with Gasteiger partial charge in [-0.3, -0.25) is 0 Å². The first-order chi connectivity index (χ1) is 10.9. The van der Waals surface area contributed by atoms with Gasteiger partial charge in [-0.2, -0.15) is 0 Å². The molecule has 2 rings (SSSR count). The molecule has 1 N–H and O–H groups in total. The van der Waals surface area contributed by atoms with E-state index in [0.717, 1.165) is 19.6 Å². The number of hydrogen-bond acceptors (Lipinski definition) is 2. The molecule has 2 nitrogen and oxygen atoms in total. The second-order valence-electron chi connectivity index (χ2n) is 7.25. The van der Waals surface area contributed by atoms with Gasteiger partial charge in [0.15, 0.2) is 0 Å². The largest absolute Gasteiger partial charge is 0.383 e. The standard InChI is InChI=1S/C21H33NO/c1-8-11-22-15(3)12-21(13-23-7)18(6)17(5)20-16(4)14(2)9-10-19(20)21/h9-10,15,22H,8,11-13H2,1-7H3. The van der Waals surface area contributed by atoms with Gasteiger partial charge in [0.25, 0.3) is 0 Å². The Hall–Kier alpha value is -1.12. The van der Waals surface area contributed by atoms with Gasteiger partial charge >= 0.3 is 0 Å². The fourth-order valence-corrected chi connectivity index (χ4v) is 4.19. The fraction of sp³-hybridized carbons (Fsp3) is 0.619. The maximum absolute atomic E-state index is 5.72. The second-order valence-corrected chi connectivity index (χ2v) is 7.25. The highest BCUT2D eigenvalue weighted by Crippen LogP contribution is 2.50. The van der Waals surface area contributed by atoms with Crippen LogP contribution in [0.5, 0.6) is 0 Å². The molecule has 0 spiro atoms. The molecule has 1 aliphatic rings. The minimum absolute atomic E-state index is 0.00673. The zero-order chi connectivity index (χ0) is 17.2. The summed E-state index contributed by atoms with van der Waals surface area (Å²) in [6, 6.07) is 5.08. The Balaban J connectivity index is 2.50. The number of fused-ring (bicyclic) bond motifs is 1. The highest BCUT2D eigenvalue weighted by Gasteiger charge is 2.43. The predicted molar refractivity (Wildman–Crippen MR) is 100 cm³/mol. The van der Waals surface area contributed by atoms with Gasteiger partial charge in [-0.15, -0.1) is 0 Å². The van der Waals surface area contributed by atoms with Gasteiger partial charge in [0.1, 0.15) is 0 Å². The van der Waals surface area contributed by atoms with Crippen LogP contribution >= 0.6 is 0 Å². The van der Waals surface area contributed by atoms with Crippen molar-refractivity contribution in [1.82, 2.24) is 5.32 Å². The van der Waals surface area contributed by atoms with Crippen molar-refractivity contribution in [3.05, 3.63) is 40.0 Å². The Labute approximate surface area is 142 Å². The first-order valence-electron chi connectivity index (χ1n) is 8.90. The van der Waals surface area contributed by atoms with Gasteiger partial charge in [0.2, 0.25) is 0 Å². The van der Waals surface area contributed by atoms with Gasteiger partial charge in [-0.25, -0.2) is 0 Å². The van der Waals surface area contributed by atoms with Crippen molar-refractivity contribution in [3.63, 3.8) is 0 Å². The smallest absolute Gasteiger partial charge is 0.0597 e. The zero-order valence-corrected chi connectivity index (χ0v) is 16.0. The van der Waals surface area contributed by atoms with E-state index < -0.39 is 0 Å². The topological polar surface area (TPSA) is 21.3 Å². The SMILES string of the molecule is CCCNC(C)CC1(COC)C(C)=C(C)c2c1ccc(C)c2C. The summed E-state index contributed by atoms with van der Waals surface area (Å²) in [6.45, 7) is 15.4. The van der Waals surface area contributed by atoms with Crippen molar-refractivity contribution < 1.29 is 4.74 Å². The lowest BCUT2D eigenvalue weighted by Gasteiger charge is -2.35. The van der Waals surface area contributed by atoms with Crippen molar-refractivity contribution in [2.45, 2.75) is 65.8 Å². The molecule has 0 fully saturated rings. The molecule has 2 atom stereocenters. The van der Waals surface area contributed by atoms with Crippen LogP contribution in [0.25, 0.3) is 5.57 Å². The molecule has 23 heavy (non-hydrogen) atoms. The van der Waals surface area contributed by atoms with Crippen molar-refractivity contribution in [2.24, 2.45) is 0 Å². The summed E-state index contributed by atoms with van der Waals surface area (Å²) >= 11 is 0. The van der Waals surface area contributed by atoms with Crippen LogP contribution in [0.2, 0.25) is 0 Å². The van der Waals surface area contributed by atoms with Crippen LogP contribution in [-0.4, -0.2) is 26.3 Å². The van der Waals surface area contributed by atoms with Crippen LogP contribution in [0.1, 0.15) is 62.8 Å². The number of benzene rings is 1. The first-order valence-corrected chi connectivity index (χ1v) is 8.90. The third-order valence-corrected chi connectivity index (χ3v) is 5.69. The van der Waals surface area contributed by atoms with Gasteiger partial charge in [-0.05, 0) is 81.8 Å². The maximum atomic E-state index is 5.72. The lowest BCUT2D eigenvalue weighted by molar-refractivity contribution is 0.136. The van der Waals surface area contributed by atoms with Crippen LogP contribution in [-0.2, 0) is 10.2 Å². The molecule has 128 valence electrons. The lowest BCUT2D eigenvalue weighted by atomic mass is 9.73. The number of ether oxygens (including phenoxy) is 1. The Morgan fingerprint density at radius 1 is 1.17 bits per heavy atom. The number of hydrogen-bond donors (Lipinski definition) is 1. The summed E-state index contributed by atoms with van der Waals surface area (Å²) in [7, 11) is 1.83. The maximum Gasteiger partial charge on any atom is 0.0597 e. The molecule has 0 amide bonds. The number of nitrogens with one attached hydrogen (secondary N) is 1. The zero-order valence-electron chi connectivity index (χ0n) is 16.0. The van der Waals surface area contributed by atoms with Gasteiger partial charge in [0.05, 0.1) is 6.61 Å². The van der Waals surface area contributed by atoms with Crippen molar-refractivity contribution in [1.29, 1.82) is 0 Å². The fourth-order valence-electron chi connectivity index (χ4n) is 4.19. The van der Waals surface area contributed by atoms with E-state index in [9.17, 15) is 0 Å². The Kier molecular flexibility index (Phi) is 5.70. The van der Waals surface area contributed by atoms with E-state index in [2.05, 4.69) is 59.0 Å². The molecule has 2 unspecified atom stereocenters.